The van der Waals surface area contributed by atoms with Crippen molar-refractivity contribution in [1.29, 1.82) is 0 Å². The minimum absolute atomic E-state index is 0.430. The lowest BCUT2D eigenvalue weighted by Gasteiger charge is -2.17. The van der Waals surface area contributed by atoms with Crippen molar-refractivity contribution in [2.24, 2.45) is 0 Å². The Morgan fingerprint density at radius 3 is 2.88 bits per heavy atom. The molecule has 0 heterocycles. The second kappa shape index (κ2) is 6.75. The van der Waals surface area contributed by atoms with Crippen LogP contribution in [0.25, 0.3) is 0 Å². The predicted octanol–water partition coefficient (Wildman–Crippen LogP) is 1.74. The molecule has 17 heavy (non-hydrogen) atoms. The highest BCUT2D eigenvalue weighted by molar-refractivity contribution is 5.83. The number of unbranched alkanes of at least 4 members (excludes halogenated alkanes) is 1. The van der Waals surface area contributed by atoms with Crippen LogP contribution < -0.4 is 16.5 Å². The van der Waals surface area contributed by atoms with Gasteiger partial charge in [-0.05, 0) is 24.6 Å². The summed E-state index contributed by atoms with van der Waals surface area (Å²) in [7, 11) is 0. The van der Waals surface area contributed by atoms with E-state index in [4.69, 9.17) is 10.9 Å². The van der Waals surface area contributed by atoms with Crippen LogP contribution in [0.3, 0.4) is 0 Å². The molecule has 0 radical (unpaired) electrons. The SMILES string of the molecule is CCCCC(Nc1cccc(N)c1)C(=O)NO. The minimum atomic E-state index is -0.443. The number of hydroxylamine groups is 1. The third-order valence-electron chi connectivity index (χ3n) is 2.50. The summed E-state index contributed by atoms with van der Waals surface area (Å²) in [6.07, 6.45) is 2.57. The molecule has 0 bridgehead atoms. The second-order valence-corrected chi connectivity index (χ2v) is 3.94. The van der Waals surface area contributed by atoms with Crippen molar-refractivity contribution in [1.82, 2.24) is 5.48 Å². The van der Waals surface area contributed by atoms with Gasteiger partial charge in [0.1, 0.15) is 6.04 Å². The zero-order valence-electron chi connectivity index (χ0n) is 9.94. The number of nitrogens with one attached hydrogen (secondary N) is 2. The average molecular weight is 237 g/mol. The third-order valence-corrected chi connectivity index (χ3v) is 2.50. The average Bonchev–Trinajstić information content (AvgIpc) is 2.33. The van der Waals surface area contributed by atoms with E-state index in [1.54, 1.807) is 17.6 Å². The molecule has 5 heteroatoms. The smallest absolute Gasteiger partial charge is 0.265 e. The summed E-state index contributed by atoms with van der Waals surface area (Å²) in [6, 6.07) is 6.73. The standard InChI is InChI=1S/C12H19N3O2/c1-2-3-7-11(12(16)15-17)14-10-6-4-5-9(13)8-10/h4-6,8,11,14,17H,2-3,7,13H2,1H3,(H,15,16). The van der Waals surface area contributed by atoms with Gasteiger partial charge in [0.05, 0.1) is 0 Å². The third kappa shape index (κ3) is 4.32. The first kappa shape index (κ1) is 13.3. The van der Waals surface area contributed by atoms with Crippen molar-refractivity contribution in [3.05, 3.63) is 24.3 Å². The number of benzene rings is 1. The van der Waals surface area contributed by atoms with E-state index in [2.05, 4.69) is 12.2 Å². The first-order chi connectivity index (χ1) is 8.17. The van der Waals surface area contributed by atoms with E-state index in [0.29, 0.717) is 12.1 Å². The van der Waals surface area contributed by atoms with Crippen molar-refractivity contribution in [2.45, 2.75) is 32.2 Å². The van der Waals surface area contributed by atoms with Gasteiger partial charge >= 0.3 is 0 Å². The van der Waals surface area contributed by atoms with Crippen molar-refractivity contribution in [3.63, 3.8) is 0 Å². The highest BCUT2D eigenvalue weighted by atomic mass is 16.5. The fourth-order valence-corrected chi connectivity index (χ4v) is 1.58. The van der Waals surface area contributed by atoms with Gasteiger partial charge in [-0.25, -0.2) is 5.48 Å². The molecule has 1 aromatic carbocycles. The topological polar surface area (TPSA) is 87.4 Å². The summed E-state index contributed by atoms with van der Waals surface area (Å²) < 4.78 is 0. The molecule has 0 fully saturated rings. The zero-order valence-corrected chi connectivity index (χ0v) is 9.94. The molecule has 1 rings (SSSR count). The van der Waals surface area contributed by atoms with Crippen LogP contribution in [0.2, 0.25) is 0 Å². The summed E-state index contributed by atoms with van der Waals surface area (Å²) >= 11 is 0. The summed E-state index contributed by atoms with van der Waals surface area (Å²) in [6.45, 7) is 2.05. The molecule has 1 aromatic rings. The number of carbonyl (C=O) groups excluding carboxylic acids is 1. The Balaban J connectivity index is 2.68. The number of nitrogen functional groups attached to an aromatic ring is 1. The van der Waals surface area contributed by atoms with Crippen molar-refractivity contribution in [3.8, 4) is 0 Å². The van der Waals surface area contributed by atoms with Crippen molar-refractivity contribution >= 4 is 17.3 Å². The minimum Gasteiger partial charge on any atom is -0.399 e. The fourth-order valence-electron chi connectivity index (χ4n) is 1.58. The van der Waals surface area contributed by atoms with E-state index in [1.165, 1.54) is 0 Å². The van der Waals surface area contributed by atoms with Crippen LogP contribution in [-0.2, 0) is 4.79 Å². The molecule has 94 valence electrons. The van der Waals surface area contributed by atoms with E-state index in [0.717, 1.165) is 18.5 Å². The van der Waals surface area contributed by atoms with Crippen LogP contribution in [0.4, 0.5) is 11.4 Å². The van der Waals surface area contributed by atoms with Gasteiger partial charge in [-0.3, -0.25) is 10.0 Å². The molecule has 0 aliphatic carbocycles. The summed E-state index contributed by atoms with van der Waals surface area (Å²) in [5.41, 5.74) is 8.74. The molecule has 5 N–H and O–H groups in total. The van der Waals surface area contributed by atoms with Crippen LogP contribution in [0.5, 0.6) is 0 Å². The lowest BCUT2D eigenvalue weighted by Crippen LogP contribution is -2.38. The van der Waals surface area contributed by atoms with Gasteiger partial charge in [0, 0.05) is 11.4 Å². The number of amides is 1. The van der Waals surface area contributed by atoms with E-state index < -0.39 is 11.9 Å². The van der Waals surface area contributed by atoms with Gasteiger partial charge in [-0.2, -0.15) is 0 Å². The van der Waals surface area contributed by atoms with Crippen LogP contribution in [0.15, 0.2) is 24.3 Å². The van der Waals surface area contributed by atoms with Crippen molar-refractivity contribution < 1.29 is 10.0 Å². The van der Waals surface area contributed by atoms with Gasteiger partial charge in [-0.1, -0.05) is 25.8 Å². The van der Waals surface area contributed by atoms with E-state index in [1.807, 2.05) is 12.1 Å². The first-order valence-electron chi connectivity index (χ1n) is 5.73. The second-order valence-electron chi connectivity index (χ2n) is 3.94. The molecule has 0 spiro atoms. The Hall–Kier alpha value is -1.75. The quantitative estimate of drug-likeness (QED) is 0.345. The van der Waals surface area contributed by atoms with Gasteiger partial charge in [-0.15, -0.1) is 0 Å². The Bertz CT molecular complexity index is 369. The lowest BCUT2D eigenvalue weighted by atomic mass is 10.1. The molecule has 1 atom stereocenters. The zero-order chi connectivity index (χ0) is 12.7. The van der Waals surface area contributed by atoms with Crippen LogP contribution in [0, 0.1) is 0 Å². The number of anilines is 2. The predicted molar refractivity (Wildman–Crippen MR) is 67.7 cm³/mol. The normalized spacial score (nSPS) is 11.9. The van der Waals surface area contributed by atoms with Gasteiger partial charge in [0.25, 0.3) is 5.91 Å². The molecule has 0 saturated heterocycles. The molecule has 0 aliphatic rings. The Kier molecular flexibility index (Phi) is 5.29. The summed E-state index contributed by atoms with van der Waals surface area (Å²) in [5, 5.41) is 11.7. The van der Waals surface area contributed by atoms with Gasteiger partial charge in [0.15, 0.2) is 0 Å². The fraction of sp³-hybridized carbons (Fsp3) is 0.417. The Morgan fingerprint density at radius 2 is 2.29 bits per heavy atom. The number of carbonyl (C=O) groups is 1. The number of nitrogens with two attached hydrogens (primary N) is 1. The van der Waals surface area contributed by atoms with Gasteiger partial charge < -0.3 is 11.1 Å². The van der Waals surface area contributed by atoms with Crippen LogP contribution >= 0.6 is 0 Å². The summed E-state index contributed by atoms with van der Waals surface area (Å²) in [5.74, 6) is -0.430. The number of hydrogen-bond acceptors (Lipinski definition) is 4. The molecule has 0 saturated carbocycles. The van der Waals surface area contributed by atoms with Crippen molar-refractivity contribution in [2.75, 3.05) is 11.1 Å². The monoisotopic (exact) mass is 237 g/mol. The van der Waals surface area contributed by atoms with E-state index in [-0.39, 0.29) is 0 Å². The van der Waals surface area contributed by atoms with Crippen LogP contribution in [0.1, 0.15) is 26.2 Å². The molecule has 1 amide bonds. The lowest BCUT2D eigenvalue weighted by molar-refractivity contribution is -0.130. The Morgan fingerprint density at radius 1 is 1.53 bits per heavy atom. The molecular weight excluding hydrogens is 218 g/mol. The molecular formula is C12H19N3O2. The summed E-state index contributed by atoms with van der Waals surface area (Å²) in [4.78, 5) is 11.5. The molecule has 5 nitrogen and oxygen atoms in total. The van der Waals surface area contributed by atoms with E-state index >= 15 is 0 Å². The highest BCUT2D eigenvalue weighted by Gasteiger charge is 2.16. The maximum Gasteiger partial charge on any atom is 0.265 e. The maximum atomic E-state index is 11.5. The number of rotatable bonds is 6. The highest BCUT2D eigenvalue weighted by Crippen LogP contribution is 2.15. The molecule has 0 aliphatic heterocycles. The molecule has 0 aromatic heterocycles. The van der Waals surface area contributed by atoms with E-state index in [9.17, 15) is 4.79 Å². The Labute approximate surface area is 101 Å². The van der Waals surface area contributed by atoms with Crippen LogP contribution in [-0.4, -0.2) is 17.2 Å². The first-order valence-corrected chi connectivity index (χ1v) is 5.73. The number of hydrogen-bond donors (Lipinski definition) is 4. The van der Waals surface area contributed by atoms with Gasteiger partial charge in [0.2, 0.25) is 0 Å². The maximum absolute atomic E-state index is 11.5. The molecule has 1 unspecified atom stereocenters. The largest absolute Gasteiger partial charge is 0.399 e.